The summed E-state index contributed by atoms with van der Waals surface area (Å²) in [5, 5.41) is 0.662. The van der Waals surface area contributed by atoms with Crippen molar-refractivity contribution in [1.29, 1.82) is 0 Å². The summed E-state index contributed by atoms with van der Waals surface area (Å²) in [6.45, 7) is 3.50. The normalized spacial score (nSPS) is 11.4. The molecule has 0 aliphatic carbocycles. The Bertz CT molecular complexity index is 587. The first-order valence-corrected chi connectivity index (χ1v) is 6.81. The van der Waals surface area contributed by atoms with Crippen molar-refractivity contribution in [3.8, 4) is 0 Å². The van der Waals surface area contributed by atoms with Crippen LogP contribution < -0.4 is 0 Å². The minimum atomic E-state index is -3.93. The Balaban J connectivity index is 2.73. The average molecular weight is 282 g/mol. The van der Waals surface area contributed by atoms with Gasteiger partial charge in [0.1, 0.15) is 0 Å². The van der Waals surface area contributed by atoms with Crippen molar-refractivity contribution < 1.29 is 22.1 Å². The van der Waals surface area contributed by atoms with Crippen molar-refractivity contribution in [3.63, 3.8) is 0 Å². The zero-order valence-corrected chi connectivity index (χ0v) is 11.2. The summed E-state index contributed by atoms with van der Waals surface area (Å²) in [5.41, 5.74) is 1.47. The molecule has 0 heterocycles. The lowest BCUT2D eigenvalue weighted by Gasteiger charge is -2.05. The third-order valence-corrected chi connectivity index (χ3v) is 3.14. The number of rotatable bonds is 6. The van der Waals surface area contributed by atoms with Crippen molar-refractivity contribution >= 4 is 22.2 Å². The van der Waals surface area contributed by atoms with Crippen LogP contribution in [0.15, 0.2) is 42.3 Å². The van der Waals surface area contributed by atoms with E-state index in [4.69, 9.17) is 4.18 Å². The molecule has 0 aromatic heterocycles. The van der Waals surface area contributed by atoms with E-state index in [1.165, 1.54) is 0 Å². The number of hydrogen-bond acceptors (Lipinski definition) is 5. The van der Waals surface area contributed by atoms with Crippen LogP contribution in [-0.2, 0) is 30.4 Å². The molecule has 0 aliphatic rings. The minimum absolute atomic E-state index is 0.129. The number of benzene rings is 1. The van der Waals surface area contributed by atoms with Crippen LogP contribution in [0, 0.1) is 0 Å². The van der Waals surface area contributed by atoms with Crippen LogP contribution in [0.2, 0.25) is 0 Å². The van der Waals surface area contributed by atoms with Gasteiger partial charge in [0.15, 0.2) is 0 Å². The number of hydrogen-bond donors (Lipinski definition) is 0. The van der Waals surface area contributed by atoms with E-state index < -0.39 is 16.1 Å². The standard InChI is InChI=1S/C13H14O5S/c1-3-11-6-4-5-7-12(11)10-18-19(15,16)9-8-13(14)17-2/h3-9H,1,10H2,2H3. The third-order valence-electron chi connectivity index (χ3n) is 2.23. The lowest BCUT2D eigenvalue weighted by atomic mass is 10.1. The van der Waals surface area contributed by atoms with Crippen molar-refractivity contribution in [1.82, 2.24) is 0 Å². The van der Waals surface area contributed by atoms with E-state index in [-0.39, 0.29) is 6.61 Å². The molecule has 0 atom stereocenters. The van der Waals surface area contributed by atoms with Crippen LogP contribution in [0.1, 0.15) is 11.1 Å². The van der Waals surface area contributed by atoms with Crippen molar-refractivity contribution in [3.05, 3.63) is 53.5 Å². The number of ether oxygens (including phenoxy) is 1. The van der Waals surface area contributed by atoms with E-state index >= 15 is 0 Å². The maximum Gasteiger partial charge on any atom is 0.331 e. The summed E-state index contributed by atoms with van der Waals surface area (Å²) in [5.74, 6) is -0.765. The number of esters is 1. The van der Waals surface area contributed by atoms with E-state index in [0.29, 0.717) is 11.0 Å². The fraction of sp³-hybridized carbons (Fsp3) is 0.154. The highest BCUT2D eigenvalue weighted by atomic mass is 32.2. The lowest BCUT2D eigenvalue weighted by molar-refractivity contribution is -0.134. The molecule has 0 aliphatic heterocycles. The number of methoxy groups -OCH3 is 1. The lowest BCUT2D eigenvalue weighted by Crippen LogP contribution is -2.04. The molecule has 0 fully saturated rings. The molecular weight excluding hydrogens is 268 g/mol. The Morgan fingerprint density at radius 1 is 1.37 bits per heavy atom. The summed E-state index contributed by atoms with van der Waals surface area (Å²) in [7, 11) is -2.77. The van der Waals surface area contributed by atoms with Crippen LogP contribution in [-0.4, -0.2) is 21.5 Å². The van der Waals surface area contributed by atoms with Crippen LogP contribution in [0.3, 0.4) is 0 Å². The first kappa shape index (κ1) is 15.1. The molecule has 19 heavy (non-hydrogen) atoms. The van der Waals surface area contributed by atoms with E-state index in [1.807, 2.05) is 6.07 Å². The second-order valence-electron chi connectivity index (χ2n) is 3.48. The van der Waals surface area contributed by atoms with Gasteiger partial charge in [0.2, 0.25) is 0 Å². The Morgan fingerprint density at radius 3 is 2.68 bits per heavy atom. The molecule has 6 heteroatoms. The highest BCUT2D eigenvalue weighted by Gasteiger charge is 2.09. The second kappa shape index (κ2) is 6.86. The highest BCUT2D eigenvalue weighted by molar-refractivity contribution is 7.89. The van der Waals surface area contributed by atoms with Gasteiger partial charge in [0, 0.05) is 6.08 Å². The predicted molar refractivity (Wildman–Crippen MR) is 71.4 cm³/mol. The average Bonchev–Trinajstić information content (AvgIpc) is 2.43. The molecular formula is C13H14O5S. The Hall–Kier alpha value is -1.92. The van der Waals surface area contributed by atoms with Gasteiger partial charge in [-0.2, -0.15) is 8.42 Å². The Morgan fingerprint density at radius 2 is 2.05 bits per heavy atom. The summed E-state index contributed by atoms with van der Waals surface area (Å²) < 4.78 is 32.0. The number of carbonyl (C=O) groups is 1. The monoisotopic (exact) mass is 282 g/mol. The molecule has 0 N–H and O–H groups in total. The molecule has 1 aromatic rings. The minimum Gasteiger partial charge on any atom is -0.466 e. The SMILES string of the molecule is C=Cc1ccccc1COS(=O)(=O)C=CC(=O)OC. The van der Waals surface area contributed by atoms with Gasteiger partial charge in [-0.3, -0.25) is 4.18 Å². The van der Waals surface area contributed by atoms with Crippen molar-refractivity contribution in [2.45, 2.75) is 6.61 Å². The highest BCUT2D eigenvalue weighted by Crippen LogP contribution is 2.13. The van der Waals surface area contributed by atoms with E-state index in [9.17, 15) is 13.2 Å². The predicted octanol–water partition coefficient (Wildman–Crippen LogP) is 1.86. The van der Waals surface area contributed by atoms with Gasteiger partial charge in [0.25, 0.3) is 10.1 Å². The Labute approximate surface area is 112 Å². The second-order valence-corrected chi connectivity index (χ2v) is 4.98. The molecule has 0 radical (unpaired) electrons. The zero-order chi connectivity index (χ0) is 14.3. The molecule has 0 bridgehead atoms. The topological polar surface area (TPSA) is 69.7 Å². The molecule has 5 nitrogen and oxygen atoms in total. The van der Waals surface area contributed by atoms with Gasteiger partial charge in [-0.1, -0.05) is 36.9 Å². The van der Waals surface area contributed by atoms with Gasteiger partial charge < -0.3 is 4.74 Å². The summed E-state index contributed by atoms with van der Waals surface area (Å²) >= 11 is 0. The maximum absolute atomic E-state index is 11.5. The van der Waals surface area contributed by atoms with Gasteiger partial charge in [-0.25, -0.2) is 4.79 Å². The first-order chi connectivity index (χ1) is 8.98. The molecule has 1 aromatic carbocycles. The molecule has 0 amide bonds. The summed E-state index contributed by atoms with van der Waals surface area (Å²) in [4.78, 5) is 10.8. The molecule has 0 unspecified atom stereocenters. The smallest absolute Gasteiger partial charge is 0.331 e. The van der Waals surface area contributed by atoms with E-state index in [1.54, 1.807) is 24.3 Å². The van der Waals surface area contributed by atoms with E-state index in [2.05, 4.69) is 11.3 Å². The summed E-state index contributed by atoms with van der Waals surface area (Å²) in [6, 6.07) is 7.11. The van der Waals surface area contributed by atoms with Crippen LogP contribution in [0.25, 0.3) is 6.08 Å². The largest absolute Gasteiger partial charge is 0.466 e. The van der Waals surface area contributed by atoms with Crippen LogP contribution >= 0.6 is 0 Å². The Kier molecular flexibility index (Phi) is 5.47. The fourth-order valence-electron chi connectivity index (χ4n) is 1.26. The van der Waals surface area contributed by atoms with Crippen LogP contribution in [0.5, 0.6) is 0 Å². The van der Waals surface area contributed by atoms with Crippen LogP contribution in [0.4, 0.5) is 0 Å². The van der Waals surface area contributed by atoms with E-state index in [0.717, 1.165) is 18.7 Å². The van der Waals surface area contributed by atoms with Gasteiger partial charge in [-0.15, -0.1) is 0 Å². The summed E-state index contributed by atoms with van der Waals surface area (Å²) in [6.07, 6.45) is 2.39. The zero-order valence-electron chi connectivity index (χ0n) is 10.4. The molecule has 0 saturated carbocycles. The van der Waals surface area contributed by atoms with Crippen molar-refractivity contribution in [2.75, 3.05) is 7.11 Å². The maximum atomic E-state index is 11.5. The van der Waals surface area contributed by atoms with Gasteiger partial charge in [0.05, 0.1) is 19.1 Å². The fourth-order valence-corrected chi connectivity index (χ4v) is 1.90. The molecule has 102 valence electrons. The third kappa shape index (κ3) is 5.07. The molecule has 0 saturated heterocycles. The van der Waals surface area contributed by atoms with Crippen molar-refractivity contribution in [2.24, 2.45) is 0 Å². The quantitative estimate of drug-likeness (QED) is 0.452. The first-order valence-electron chi connectivity index (χ1n) is 5.34. The van der Waals surface area contributed by atoms with Gasteiger partial charge >= 0.3 is 5.97 Å². The molecule has 1 rings (SSSR count). The number of carbonyl (C=O) groups excluding carboxylic acids is 1. The van der Waals surface area contributed by atoms with Gasteiger partial charge in [-0.05, 0) is 11.1 Å². The molecule has 0 spiro atoms.